The number of hydrogen-bond donors (Lipinski definition) is 0. The molecule has 14 nitrogen and oxygen atoms in total. The van der Waals surface area contributed by atoms with Crippen LogP contribution in [0.25, 0.3) is 10.9 Å². The van der Waals surface area contributed by atoms with Crippen LogP contribution < -0.4 is 0 Å². The van der Waals surface area contributed by atoms with E-state index in [1.807, 2.05) is 36.4 Å². The van der Waals surface area contributed by atoms with E-state index >= 15 is 0 Å². The molecule has 2 aromatic heterocycles. The highest BCUT2D eigenvalue weighted by Crippen LogP contribution is 2.30. The Morgan fingerprint density at radius 1 is 0.829 bits per heavy atom. The van der Waals surface area contributed by atoms with Crippen LogP contribution in [0.3, 0.4) is 0 Å². The first-order chi connectivity index (χ1) is 19.6. The number of carbonyl (C=O) groups is 4. The third-order valence-corrected chi connectivity index (χ3v) is 5.91. The number of pyridine rings is 1. The molecule has 3 unspecified atom stereocenters. The molecule has 5 atom stereocenters. The van der Waals surface area contributed by atoms with E-state index in [4.69, 9.17) is 28.4 Å². The third kappa shape index (κ3) is 8.05. The fourth-order valence-electron chi connectivity index (χ4n) is 4.33. The summed E-state index contributed by atoms with van der Waals surface area (Å²) in [6.45, 7) is 4.50. The molecule has 0 radical (unpaired) electrons. The van der Waals surface area contributed by atoms with Gasteiger partial charge in [-0.1, -0.05) is 29.5 Å². The molecule has 0 bridgehead atoms. The van der Waals surface area contributed by atoms with Crippen molar-refractivity contribution < 1.29 is 47.6 Å². The fraction of sp³-hybridized carbons (Fsp3) is 0.444. The zero-order chi connectivity index (χ0) is 29.5. The minimum Gasteiger partial charge on any atom is -0.463 e. The molecule has 41 heavy (non-hydrogen) atoms. The van der Waals surface area contributed by atoms with Crippen molar-refractivity contribution in [3.8, 4) is 0 Å². The number of hydrogen-bond acceptors (Lipinski definition) is 13. The highest BCUT2D eigenvalue weighted by Gasteiger charge is 2.52. The summed E-state index contributed by atoms with van der Waals surface area (Å²) in [5.74, 6) is -2.79. The molecule has 0 spiro atoms. The summed E-state index contributed by atoms with van der Waals surface area (Å²) >= 11 is 0. The van der Waals surface area contributed by atoms with Crippen LogP contribution in [0.5, 0.6) is 0 Å². The number of nitrogens with zero attached hydrogens (tertiary/aromatic N) is 4. The molecule has 1 saturated heterocycles. The number of benzene rings is 1. The molecule has 3 aromatic rings. The number of fused-ring (bicyclic) bond motifs is 1. The van der Waals surface area contributed by atoms with Gasteiger partial charge in [0.2, 0.25) is 0 Å². The zero-order valence-electron chi connectivity index (χ0n) is 22.9. The topological polar surface area (TPSA) is 167 Å². The van der Waals surface area contributed by atoms with Crippen LogP contribution in [0.1, 0.15) is 39.1 Å². The Bertz CT molecular complexity index is 1410. The highest BCUT2D eigenvalue weighted by atomic mass is 16.7. The Morgan fingerprint density at radius 3 is 2.22 bits per heavy atom. The van der Waals surface area contributed by atoms with E-state index in [9.17, 15) is 19.2 Å². The second kappa shape index (κ2) is 13.3. The Labute approximate surface area is 234 Å². The lowest BCUT2D eigenvalue weighted by molar-refractivity contribution is -0.310. The number of para-hydroxylation sites is 1. The van der Waals surface area contributed by atoms with Gasteiger partial charge in [0.25, 0.3) is 0 Å². The summed E-state index contributed by atoms with van der Waals surface area (Å²) in [4.78, 5) is 51.9. The van der Waals surface area contributed by atoms with Crippen molar-refractivity contribution in [1.82, 2.24) is 20.0 Å². The number of esters is 4. The summed E-state index contributed by atoms with van der Waals surface area (Å²) in [6, 6.07) is 11.6. The molecule has 0 N–H and O–H groups in total. The second-order valence-corrected chi connectivity index (χ2v) is 9.28. The first-order valence-electron chi connectivity index (χ1n) is 12.7. The van der Waals surface area contributed by atoms with Gasteiger partial charge in [0.1, 0.15) is 18.4 Å². The SMILES string of the molecule is CC(=O)OCC1O[C@@H](OCc2cn(Cc3ccc4ccccc4n3)nn2)C(OC(C)=O)C(OC(C)=O)[C@H]1OC(C)=O. The van der Waals surface area contributed by atoms with Crippen LogP contribution in [0.2, 0.25) is 0 Å². The lowest BCUT2D eigenvalue weighted by Gasteiger charge is -2.43. The van der Waals surface area contributed by atoms with Crippen LogP contribution in [0.15, 0.2) is 42.6 Å². The van der Waals surface area contributed by atoms with Gasteiger partial charge in [0.05, 0.1) is 30.6 Å². The van der Waals surface area contributed by atoms with E-state index in [1.54, 1.807) is 10.9 Å². The van der Waals surface area contributed by atoms with Crippen LogP contribution in [0.4, 0.5) is 0 Å². The maximum Gasteiger partial charge on any atom is 0.303 e. The van der Waals surface area contributed by atoms with Crippen LogP contribution in [0, 0.1) is 0 Å². The van der Waals surface area contributed by atoms with Gasteiger partial charge in [-0.3, -0.25) is 24.2 Å². The summed E-state index contributed by atoms with van der Waals surface area (Å²) < 4.78 is 34.6. The quantitative estimate of drug-likeness (QED) is 0.254. The molecule has 0 amide bonds. The van der Waals surface area contributed by atoms with Crippen molar-refractivity contribution in [3.63, 3.8) is 0 Å². The van der Waals surface area contributed by atoms with Crippen molar-refractivity contribution in [2.75, 3.05) is 6.61 Å². The number of rotatable bonds is 10. The Kier molecular flexibility index (Phi) is 9.57. The maximum atomic E-state index is 12.0. The Balaban J connectivity index is 1.51. The van der Waals surface area contributed by atoms with Crippen LogP contribution in [-0.4, -0.2) is 81.2 Å². The molecule has 0 aliphatic carbocycles. The van der Waals surface area contributed by atoms with Gasteiger partial charge in [-0.05, 0) is 12.1 Å². The van der Waals surface area contributed by atoms with Gasteiger partial charge in [0, 0.05) is 33.1 Å². The summed E-state index contributed by atoms with van der Waals surface area (Å²) in [5.41, 5.74) is 2.05. The van der Waals surface area contributed by atoms with Crippen molar-refractivity contribution in [3.05, 3.63) is 54.0 Å². The predicted octanol–water partition coefficient (Wildman–Crippen LogP) is 1.47. The molecule has 0 saturated carbocycles. The van der Waals surface area contributed by atoms with Crippen molar-refractivity contribution in [2.45, 2.75) is 71.6 Å². The fourth-order valence-corrected chi connectivity index (χ4v) is 4.33. The van der Waals surface area contributed by atoms with E-state index < -0.39 is 54.6 Å². The molecule has 4 rings (SSSR count). The normalized spacial score (nSPS) is 22.1. The summed E-state index contributed by atoms with van der Waals surface area (Å²) in [7, 11) is 0. The van der Waals surface area contributed by atoms with Gasteiger partial charge in [-0.25, -0.2) is 4.68 Å². The molecule has 1 aromatic carbocycles. The predicted molar refractivity (Wildman–Crippen MR) is 138 cm³/mol. The van der Waals surface area contributed by atoms with E-state index in [-0.39, 0.29) is 13.2 Å². The average molecular weight is 571 g/mol. The standard InChI is InChI=1S/C27H30N4O10/c1-15(32)36-14-23-24(38-16(2)33)25(39-17(3)34)26(40-18(4)35)27(41-23)37-13-21-12-31(30-29-21)11-20-10-9-19-7-5-6-8-22(19)28-20/h5-10,12,23-27H,11,13-14H2,1-4H3/t23?,24-,25?,26?,27+/m0/s1. The van der Waals surface area contributed by atoms with E-state index in [1.165, 1.54) is 6.92 Å². The number of carbonyl (C=O) groups excluding carboxylic acids is 4. The van der Waals surface area contributed by atoms with E-state index in [0.717, 1.165) is 37.4 Å². The first kappa shape index (κ1) is 29.6. The summed E-state index contributed by atoms with van der Waals surface area (Å²) in [5, 5.41) is 9.26. The maximum absolute atomic E-state index is 12.0. The van der Waals surface area contributed by atoms with Crippen LogP contribution in [-0.2, 0) is 60.8 Å². The molecular weight excluding hydrogens is 540 g/mol. The summed E-state index contributed by atoms with van der Waals surface area (Å²) in [6.07, 6.45) is -4.69. The van der Waals surface area contributed by atoms with Crippen molar-refractivity contribution >= 4 is 34.8 Å². The first-order valence-corrected chi connectivity index (χ1v) is 12.7. The monoisotopic (exact) mass is 570 g/mol. The Morgan fingerprint density at radius 2 is 1.51 bits per heavy atom. The molecule has 1 aliphatic heterocycles. The zero-order valence-corrected chi connectivity index (χ0v) is 22.9. The molecular formula is C27H30N4O10. The molecule has 14 heteroatoms. The van der Waals surface area contributed by atoms with Gasteiger partial charge in [-0.2, -0.15) is 0 Å². The lowest BCUT2D eigenvalue weighted by atomic mass is 9.98. The van der Waals surface area contributed by atoms with Gasteiger partial charge >= 0.3 is 23.9 Å². The number of ether oxygens (including phenoxy) is 6. The lowest BCUT2D eigenvalue weighted by Crippen LogP contribution is -2.62. The van der Waals surface area contributed by atoms with Crippen LogP contribution >= 0.6 is 0 Å². The minimum atomic E-state index is -1.33. The Hall–Kier alpha value is -4.43. The molecule has 218 valence electrons. The second-order valence-electron chi connectivity index (χ2n) is 9.28. The largest absolute Gasteiger partial charge is 0.463 e. The highest BCUT2D eigenvalue weighted by molar-refractivity contribution is 5.78. The molecule has 3 heterocycles. The van der Waals surface area contributed by atoms with Crippen molar-refractivity contribution in [2.24, 2.45) is 0 Å². The van der Waals surface area contributed by atoms with E-state index in [0.29, 0.717) is 12.2 Å². The van der Waals surface area contributed by atoms with E-state index in [2.05, 4.69) is 15.3 Å². The average Bonchev–Trinajstić information content (AvgIpc) is 3.35. The van der Waals surface area contributed by atoms with Gasteiger partial charge in [-0.15, -0.1) is 5.10 Å². The molecule has 1 fully saturated rings. The third-order valence-electron chi connectivity index (χ3n) is 5.91. The van der Waals surface area contributed by atoms with Gasteiger partial charge < -0.3 is 28.4 Å². The smallest absolute Gasteiger partial charge is 0.303 e. The number of aromatic nitrogens is 4. The van der Waals surface area contributed by atoms with Crippen molar-refractivity contribution in [1.29, 1.82) is 0 Å². The minimum absolute atomic E-state index is 0.140. The van der Waals surface area contributed by atoms with Gasteiger partial charge in [0.15, 0.2) is 24.6 Å². The molecule has 1 aliphatic rings.